The molecule has 0 amide bonds. The van der Waals surface area contributed by atoms with E-state index in [1.54, 1.807) is 0 Å². The van der Waals surface area contributed by atoms with Crippen molar-refractivity contribution >= 4 is 23.4 Å². The summed E-state index contributed by atoms with van der Waals surface area (Å²) in [5.41, 5.74) is 3.35. The van der Waals surface area contributed by atoms with Crippen LogP contribution in [0.4, 0.5) is 0 Å². The van der Waals surface area contributed by atoms with Gasteiger partial charge in [0.05, 0.1) is 23.7 Å². The maximum absolute atomic E-state index is 10.6. The summed E-state index contributed by atoms with van der Waals surface area (Å²) < 4.78 is 3.94. The van der Waals surface area contributed by atoms with Crippen molar-refractivity contribution in [3.05, 3.63) is 65.8 Å². The maximum Gasteiger partial charge on any atom is 0.203 e. The highest BCUT2D eigenvalue weighted by molar-refractivity contribution is 5.85. The lowest BCUT2D eigenvalue weighted by molar-refractivity contribution is 0.155. The van der Waals surface area contributed by atoms with Crippen molar-refractivity contribution in [1.29, 1.82) is 5.41 Å². The summed E-state index contributed by atoms with van der Waals surface area (Å²) in [7, 11) is 4.12. The van der Waals surface area contributed by atoms with Crippen LogP contribution in [0, 0.1) is 5.41 Å². The second kappa shape index (κ2) is 9.03. The molecule has 6 heteroatoms. The van der Waals surface area contributed by atoms with Gasteiger partial charge in [0.2, 0.25) is 5.62 Å². The zero-order valence-corrected chi connectivity index (χ0v) is 16.1. The number of aliphatic hydroxyl groups is 1. The number of imidazole rings is 1. The highest BCUT2D eigenvalue weighted by Gasteiger charge is 2.14. The molecule has 1 heterocycles. The Bertz CT molecular complexity index is 886. The van der Waals surface area contributed by atoms with Crippen molar-refractivity contribution in [2.75, 3.05) is 20.6 Å². The zero-order valence-electron chi connectivity index (χ0n) is 15.3. The fourth-order valence-corrected chi connectivity index (χ4v) is 3.20. The monoisotopic (exact) mass is 374 g/mol. The molecule has 0 bridgehead atoms. The Hall–Kier alpha value is -2.08. The lowest BCUT2D eigenvalue weighted by Gasteiger charge is -2.13. The van der Waals surface area contributed by atoms with Gasteiger partial charge in [-0.25, -0.2) is 0 Å². The summed E-state index contributed by atoms with van der Waals surface area (Å²) in [5, 5.41) is 19.2. The van der Waals surface area contributed by atoms with Gasteiger partial charge in [0, 0.05) is 6.54 Å². The Kier molecular flexibility index (Phi) is 7.03. The van der Waals surface area contributed by atoms with Crippen LogP contribution in [0.25, 0.3) is 11.0 Å². The lowest BCUT2D eigenvalue weighted by Crippen LogP contribution is -2.27. The number of halogens is 1. The van der Waals surface area contributed by atoms with E-state index in [0.29, 0.717) is 12.2 Å². The predicted molar refractivity (Wildman–Crippen MR) is 108 cm³/mol. The fraction of sp³-hybridized carbons (Fsp3) is 0.350. The molecule has 1 atom stereocenters. The third-order valence-electron chi connectivity index (χ3n) is 4.50. The largest absolute Gasteiger partial charge is 0.387 e. The SMILES string of the molecule is CN(C)CCCn1c(=N)n(CC(O)c2ccccc2)c2ccccc21.Cl. The average Bonchev–Trinajstić information content (AvgIpc) is 2.88. The van der Waals surface area contributed by atoms with Crippen molar-refractivity contribution < 1.29 is 5.11 Å². The smallest absolute Gasteiger partial charge is 0.203 e. The molecule has 0 aliphatic rings. The third-order valence-corrected chi connectivity index (χ3v) is 4.50. The first kappa shape index (κ1) is 20.2. The molecule has 5 nitrogen and oxygen atoms in total. The minimum Gasteiger partial charge on any atom is -0.387 e. The Morgan fingerprint density at radius 1 is 0.962 bits per heavy atom. The minimum atomic E-state index is -0.628. The fourth-order valence-electron chi connectivity index (χ4n) is 3.20. The number of nitrogens with zero attached hydrogens (tertiary/aromatic N) is 3. The van der Waals surface area contributed by atoms with Crippen molar-refractivity contribution in [3.63, 3.8) is 0 Å². The van der Waals surface area contributed by atoms with E-state index in [4.69, 9.17) is 5.41 Å². The first-order valence-corrected chi connectivity index (χ1v) is 8.68. The molecular formula is C20H27ClN4O. The number of para-hydroxylation sites is 2. The number of hydrogen-bond acceptors (Lipinski definition) is 3. The molecule has 0 aliphatic heterocycles. The molecular weight excluding hydrogens is 348 g/mol. The van der Waals surface area contributed by atoms with Gasteiger partial charge in [0.1, 0.15) is 0 Å². The van der Waals surface area contributed by atoms with Gasteiger partial charge < -0.3 is 19.1 Å². The van der Waals surface area contributed by atoms with Gasteiger partial charge in [-0.3, -0.25) is 5.41 Å². The number of fused-ring (bicyclic) bond motifs is 1. The van der Waals surface area contributed by atoms with E-state index < -0.39 is 6.10 Å². The summed E-state index contributed by atoms with van der Waals surface area (Å²) in [6.45, 7) is 2.16. The number of hydrogen-bond donors (Lipinski definition) is 2. The Labute approximate surface area is 160 Å². The molecule has 1 unspecified atom stereocenters. The standard InChI is InChI=1S/C20H26N4O.ClH/c1-22(2)13-8-14-23-17-11-6-7-12-18(17)24(20(23)21)15-19(25)16-9-4-3-5-10-16;/h3-7,9-12,19,21,25H,8,13-15H2,1-2H3;1H. The molecule has 0 radical (unpaired) electrons. The van der Waals surface area contributed by atoms with E-state index in [0.717, 1.165) is 36.1 Å². The summed E-state index contributed by atoms with van der Waals surface area (Å²) in [5.74, 6) is 0. The number of nitrogens with one attached hydrogen (secondary N) is 1. The number of aliphatic hydroxyl groups excluding tert-OH is 1. The van der Waals surface area contributed by atoms with E-state index in [9.17, 15) is 5.11 Å². The number of aryl methyl sites for hydroxylation is 1. The average molecular weight is 375 g/mol. The normalized spacial score (nSPS) is 12.3. The number of rotatable bonds is 7. The molecule has 0 fully saturated rings. The molecule has 2 aromatic carbocycles. The molecule has 140 valence electrons. The van der Waals surface area contributed by atoms with Gasteiger partial charge in [-0.2, -0.15) is 0 Å². The summed E-state index contributed by atoms with van der Waals surface area (Å²) in [6, 6.07) is 17.7. The van der Waals surface area contributed by atoms with Crippen LogP contribution in [0.3, 0.4) is 0 Å². The lowest BCUT2D eigenvalue weighted by atomic mass is 10.1. The van der Waals surface area contributed by atoms with Crippen LogP contribution in [0.15, 0.2) is 54.6 Å². The first-order valence-electron chi connectivity index (χ1n) is 8.68. The van der Waals surface area contributed by atoms with Gasteiger partial charge >= 0.3 is 0 Å². The third kappa shape index (κ3) is 4.36. The summed E-state index contributed by atoms with van der Waals surface area (Å²) >= 11 is 0. The van der Waals surface area contributed by atoms with Crippen molar-refractivity contribution in [2.45, 2.75) is 25.6 Å². The minimum absolute atomic E-state index is 0. The molecule has 0 saturated heterocycles. The number of benzene rings is 2. The molecule has 2 N–H and O–H groups in total. The van der Waals surface area contributed by atoms with Gasteiger partial charge in [-0.15, -0.1) is 12.4 Å². The van der Waals surface area contributed by atoms with Crippen LogP contribution in [0.5, 0.6) is 0 Å². The van der Waals surface area contributed by atoms with Crippen LogP contribution < -0.4 is 5.62 Å². The molecule has 26 heavy (non-hydrogen) atoms. The highest BCUT2D eigenvalue weighted by Crippen LogP contribution is 2.18. The van der Waals surface area contributed by atoms with Crippen molar-refractivity contribution in [2.24, 2.45) is 0 Å². The van der Waals surface area contributed by atoms with Crippen molar-refractivity contribution in [3.8, 4) is 0 Å². The zero-order chi connectivity index (χ0) is 17.8. The highest BCUT2D eigenvalue weighted by atomic mass is 35.5. The molecule has 0 spiro atoms. The topological polar surface area (TPSA) is 57.2 Å². The predicted octanol–water partition coefficient (Wildman–Crippen LogP) is 3.03. The van der Waals surface area contributed by atoms with Crippen LogP contribution in [0.2, 0.25) is 0 Å². The van der Waals surface area contributed by atoms with E-state index in [1.165, 1.54) is 0 Å². The van der Waals surface area contributed by atoms with Gasteiger partial charge in [0.15, 0.2) is 0 Å². The first-order chi connectivity index (χ1) is 12.1. The Morgan fingerprint density at radius 2 is 1.54 bits per heavy atom. The van der Waals surface area contributed by atoms with E-state index >= 15 is 0 Å². The molecule has 0 saturated carbocycles. The summed E-state index contributed by atoms with van der Waals surface area (Å²) in [6.07, 6.45) is 0.357. The maximum atomic E-state index is 10.6. The number of aromatic nitrogens is 2. The quantitative estimate of drug-likeness (QED) is 0.667. The van der Waals surface area contributed by atoms with E-state index in [1.807, 2.05) is 57.7 Å². The Balaban J connectivity index is 0.00000243. The van der Waals surface area contributed by atoms with Gasteiger partial charge in [-0.05, 0) is 44.8 Å². The second-order valence-corrected chi connectivity index (χ2v) is 6.66. The van der Waals surface area contributed by atoms with Crippen LogP contribution in [-0.2, 0) is 13.1 Å². The van der Waals surface area contributed by atoms with E-state index in [-0.39, 0.29) is 12.4 Å². The van der Waals surface area contributed by atoms with Crippen LogP contribution in [0.1, 0.15) is 18.1 Å². The molecule has 3 aromatic rings. The molecule has 0 aliphatic carbocycles. The molecule has 1 aromatic heterocycles. The Morgan fingerprint density at radius 3 is 2.15 bits per heavy atom. The van der Waals surface area contributed by atoms with Crippen LogP contribution >= 0.6 is 12.4 Å². The summed E-state index contributed by atoms with van der Waals surface area (Å²) in [4.78, 5) is 2.16. The van der Waals surface area contributed by atoms with Gasteiger partial charge in [0.25, 0.3) is 0 Å². The second-order valence-electron chi connectivity index (χ2n) is 6.66. The van der Waals surface area contributed by atoms with Crippen LogP contribution in [-0.4, -0.2) is 39.8 Å². The van der Waals surface area contributed by atoms with Crippen molar-refractivity contribution in [1.82, 2.24) is 14.0 Å². The van der Waals surface area contributed by atoms with Gasteiger partial charge in [-0.1, -0.05) is 42.5 Å². The van der Waals surface area contributed by atoms with E-state index in [2.05, 4.69) is 25.1 Å². The molecule has 3 rings (SSSR count).